The Balaban J connectivity index is 1.37. The van der Waals surface area contributed by atoms with Gasteiger partial charge in [-0.3, -0.25) is 9.69 Å². The number of aryl methyl sites for hydroxylation is 1. The quantitative estimate of drug-likeness (QED) is 0.580. The molecule has 0 bridgehead atoms. The number of rotatable bonds is 6. The normalized spacial score (nSPS) is 17.2. The number of aliphatic hydroxyl groups is 1. The maximum absolute atomic E-state index is 15.2. The molecule has 5 rings (SSSR count). The van der Waals surface area contributed by atoms with E-state index in [1.54, 1.807) is 15.6 Å². The number of carbonyl (C=O) groups is 1. The summed E-state index contributed by atoms with van der Waals surface area (Å²) in [6.07, 6.45) is -0.400. The number of carbonyl (C=O) groups excluding carboxylic acids is 1. The number of likely N-dealkylation sites (tertiary alicyclic amines) is 1. The first-order valence-corrected chi connectivity index (χ1v) is 12.0. The SMILES string of the molecule is CCn1nc2c(F)cc(N3CCN(CC(=O)N4CC(O)C4)CC3)cc2c1N(C)c1cccc(F)c1. The van der Waals surface area contributed by atoms with E-state index < -0.39 is 11.9 Å². The van der Waals surface area contributed by atoms with Gasteiger partial charge < -0.3 is 19.8 Å². The van der Waals surface area contributed by atoms with Gasteiger partial charge in [0.1, 0.15) is 17.2 Å². The van der Waals surface area contributed by atoms with Crippen LogP contribution in [0.25, 0.3) is 10.9 Å². The number of amides is 1. The van der Waals surface area contributed by atoms with Crippen molar-refractivity contribution in [1.29, 1.82) is 0 Å². The van der Waals surface area contributed by atoms with E-state index in [0.29, 0.717) is 69.2 Å². The van der Waals surface area contributed by atoms with Crippen molar-refractivity contribution >= 4 is 34.0 Å². The van der Waals surface area contributed by atoms with E-state index in [2.05, 4.69) is 14.9 Å². The lowest BCUT2D eigenvalue weighted by Crippen LogP contribution is -2.57. The maximum Gasteiger partial charge on any atom is 0.236 e. The summed E-state index contributed by atoms with van der Waals surface area (Å²) in [6.45, 7) is 6.34. The molecule has 10 heteroatoms. The minimum atomic E-state index is -0.400. The van der Waals surface area contributed by atoms with Crippen molar-refractivity contribution in [2.45, 2.75) is 19.6 Å². The van der Waals surface area contributed by atoms with Gasteiger partial charge in [-0.2, -0.15) is 5.10 Å². The highest BCUT2D eigenvalue weighted by Crippen LogP contribution is 2.35. The Hall–Kier alpha value is -3.24. The van der Waals surface area contributed by atoms with E-state index in [0.717, 1.165) is 5.69 Å². The van der Waals surface area contributed by atoms with Gasteiger partial charge in [-0.25, -0.2) is 13.5 Å². The number of nitrogens with zero attached hydrogens (tertiary/aromatic N) is 6. The third-order valence-corrected chi connectivity index (χ3v) is 6.88. The van der Waals surface area contributed by atoms with Crippen molar-refractivity contribution < 1.29 is 18.7 Å². The fraction of sp³-hybridized carbons (Fsp3) is 0.440. The van der Waals surface area contributed by atoms with Crippen LogP contribution >= 0.6 is 0 Å². The predicted octanol–water partition coefficient (Wildman–Crippen LogP) is 2.43. The number of hydrogen-bond acceptors (Lipinski definition) is 6. The maximum atomic E-state index is 15.2. The molecule has 8 nitrogen and oxygen atoms in total. The molecule has 0 unspecified atom stereocenters. The van der Waals surface area contributed by atoms with Crippen LogP contribution in [0.3, 0.4) is 0 Å². The number of aromatic nitrogens is 2. The van der Waals surface area contributed by atoms with E-state index in [4.69, 9.17) is 0 Å². The Kier molecular flexibility index (Phi) is 6.33. The molecule has 35 heavy (non-hydrogen) atoms. The van der Waals surface area contributed by atoms with Crippen molar-refractivity contribution in [3.05, 3.63) is 48.0 Å². The molecule has 1 aromatic heterocycles. The van der Waals surface area contributed by atoms with Crippen molar-refractivity contribution in [3.8, 4) is 0 Å². The summed E-state index contributed by atoms with van der Waals surface area (Å²) in [4.78, 5) is 20.0. The van der Waals surface area contributed by atoms with Crippen molar-refractivity contribution in [3.63, 3.8) is 0 Å². The van der Waals surface area contributed by atoms with Crippen LogP contribution in [0.15, 0.2) is 36.4 Å². The summed E-state index contributed by atoms with van der Waals surface area (Å²) < 4.78 is 30.8. The Morgan fingerprint density at radius 3 is 2.54 bits per heavy atom. The Morgan fingerprint density at radius 2 is 1.89 bits per heavy atom. The summed E-state index contributed by atoms with van der Waals surface area (Å²) in [5, 5.41) is 14.6. The molecule has 2 aliphatic heterocycles. The molecular weight excluding hydrogens is 454 g/mol. The molecule has 0 saturated carbocycles. The third-order valence-electron chi connectivity index (χ3n) is 6.88. The van der Waals surface area contributed by atoms with Gasteiger partial charge in [0.2, 0.25) is 5.91 Å². The summed E-state index contributed by atoms with van der Waals surface area (Å²) in [5.74, 6) is 0.00492. The lowest BCUT2D eigenvalue weighted by molar-refractivity contribution is -0.142. The number of benzene rings is 2. The van der Waals surface area contributed by atoms with Crippen LogP contribution in [0.1, 0.15) is 6.92 Å². The molecule has 2 aliphatic rings. The molecule has 186 valence electrons. The zero-order valence-corrected chi connectivity index (χ0v) is 20.0. The van der Waals surface area contributed by atoms with Crippen LogP contribution < -0.4 is 9.80 Å². The number of anilines is 3. The van der Waals surface area contributed by atoms with E-state index in [9.17, 15) is 14.3 Å². The second-order valence-electron chi connectivity index (χ2n) is 9.22. The first kappa shape index (κ1) is 23.5. The Bertz CT molecular complexity index is 1230. The van der Waals surface area contributed by atoms with Crippen LogP contribution in [0, 0.1) is 11.6 Å². The van der Waals surface area contributed by atoms with Crippen molar-refractivity contribution in [2.24, 2.45) is 0 Å². The summed E-state index contributed by atoms with van der Waals surface area (Å²) >= 11 is 0. The minimum absolute atomic E-state index is 0.0354. The standard InChI is InChI=1S/C25H30F2N6O2/c1-3-33-25(29(2)18-6-4-5-17(26)11-18)21-12-19(13-22(27)24(21)28-33)31-9-7-30(8-10-31)16-23(35)32-14-20(34)15-32/h4-6,11-13,20,34H,3,7-10,14-16H2,1-2H3. The first-order valence-electron chi connectivity index (χ1n) is 12.0. The molecule has 3 heterocycles. The fourth-order valence-corrected chi connectivity index (χ4v) is 4.84. The van der Waals surface area contributed by atoms with Gasteiger partial charge in [0.25, 0.3) is 0 Å². The molecule has 2 saturated heterocycles. The first-order chi connectivity index (χ1) is 16.8. The van der Waals surface area contributed by atoms with E-state index in [-0.39, 0.29) is 17.2 Å². The molecule has 0 atom stereocenters. The van der Waals surface area contributed by atoms with Gasteiger partial charge in [0.05, 0.1) is 12.6 Å². The van der Waals surface area contributed by atoms with Gasteiger partial charge in [0.15, 0.2) is 5.82 Å². The van der Waals surface area contributed by atoms with Crippen LogP contribution in [-0.4, -0.2) is 89.6 Å². The van der Waals surface area contributed by atoms with Crippen molar-refractivity contribution in [2.75, 3.05) is 62.7 Å². The largest absolute Gasteiger partial charge is 0.389 e. The molecule has 0 radical (unpaired) electrons. The van der Waals surface area contributed by atoms with Gasteiger partial charge in [-0.1, -0.05) is 6.07 Å². The van der Waals surface area contributed by atoms with Crippen LogP contribution in [0.2, 0.25) is 0 Å². The number of fused-ring (bicyclic) bond motifs is 1. The van der Waals surface area contributed by atoms with E-state index >= 15 is 4.39 Å². The zero-order chi connectivity index (χ0) is 24.7. The monoisotopic (exact) mass is 484 g/mol. The number of halogens is 2. The molecular formula is C25H30F2N6O2. The van der Waals surface area contributed by atoms with Gasteiger partial charge in [-0.15, -0.1) is 0 Å². The zero-order valence-electron chi connectivity index (χ0n) is 20.0. The molecule has 3 aromatic rings. The molecule has 2 fully saturated rings. The molecule has 2 aromatic carbocycles. The highest BCUT2D eigenvalue weighted by Gasteiger charge is 2.30. The molecule has 0 spiro atoms. The van der Waals surface area contributed by atoms with Crippen LogP contribution in [-0.2, 0) is 11.3 Å². The fourth-order valence-electron chi connectivity index (χ4n) is 4.84. The van der Waals surface area contributed by atoms with Gasteiger partial charge in [-0.05, 0) is 37.3 Å². The summed E-state index contributed by atoms with van der Waals surface area (Å²) in [6, 6.07) is 9.76. The number of β-amino-alcohol motifs (C(OH)–C–C–N with tert-alkyl or cyclic N) is 1. The summed E-state index contributed by atoms with van der Waals surface area (Å²) in [7, 11) is 1.83. The molecule has 1 amide bonds. The average Bonchev–Trinajstić information content (AvgIpc) is 3.21. The predicted molar refractivity (Wildman–Crippen MR) is 131 cm³/mol. The number of aliphatic hydroxyl groups excluding tert-OH is 1. The summed E-state index contributed by atoms with van der Waals surface area (Å²) in [5.41, 5.74) is 1.70. The topological polar surface area (TPSA) is 68.1 Å². The molecule has 0 aliphatic carbocycles. The van der Waals surface area contributed by atoms with Gasteiger partial charge >= 0.3 is 0 Å². The smallest absolute Gasteiger partial charge is 0.236 e. The minimum Gasteiger partial charge on any atom is -0.389 e. The highest BCUT2D eigenvalue weighted by molar-refractivity contribution is 5.95. The van der Waals surface area contributed by atoms with Gasteiger partial charge in [0, 0.05) is 69.6 Å². The second-order valence-corrected chi connectivity index (χ2v) is 9.22. The second kappa shape index (κ2) is 9.43. The number of hydrogen-bond donors (Lipinski definition) is 1. The van der Waals surface area contributed by atoms with Crippen LogP contribution in [0.5, 0.6) is 0 Å². The lowest BCUT2D eigenvalue weighted by Gasteiger charge is -2.39. The Morgan fingerprint density at radius 1 is 1.14 bits per heavy atom. The molecule has 1 N–H and O–H groups in total. The van der Waals surface area contributed by atoms with E-state index in [1.165, 1.54) is 18.2 Å². The third kappa shape index (κ3) is 4.55. The average molecular weight is 485 g/mol. The highest BCUT2D eigenvalue weighted by atomic mass is 19.1. The Labute approximate surface area is 202 Å². The van der Waals surface area contributed by atoms with Crippen LogP contribution in [0.4, 0.5) is 26.0 Å². The van der Waals surface area contributed by atoms with Crippen molar-refractivity contribution in [1.82, 2.24) is 19.6 Å². The lowest BCUT2D eigenvalue weighted by atomic mass is 10.1. The van der Waals surface area contributed by atoms with E-state index in [1.807, 2.05) is 31.0 Å². The number of piperazine rings is 1.